The van der Waals surface area contributed by atoms with Gasteiger partial charge in [0, 0.05) is 15.3 Å². The monoisotopic (exact) mass is 351 g/mol. The van der Waals surface area contributed by atoms with Crippen LogP contribution in [0.25, 0.3) is 11.3 Å². The van der Waals surface area contributed by atoms with Crippen molar-refractivity contribution in [1.82, 2.24) is 4.98 Å². The highest BCUT2D eigenvalue weighted by Gasteiger charge is 2.13. The zero-order chi connectivity index (χ0) is 11.7. The second-order valence-electron chi connectivity index (χ2n) is 3.09. The maximum absolute atomic E-state index is 13.5. The molecule has 0 N–H and O–H groups in total. The molecular weight excluding hydrogens is 346 g/mol. The molecule has 5 heteroatoms. The summed E-state index contributed by atoms with van der Waals surface area (Å²) in [6, 6.07) is 5.57. The lowest BCUT2D eigenvalue weighted by molar-refractivity contribution is 0.511. The Balaban J connectivity index is 2.63. The Morgan fingerprint density at radius 1 is 1.25 bits per heavy atom. The fraction of sp³-hybridized carbons (Fsp3) is 0. The molecule has 0 saturated heterocycles. The van der Waals surface area contributed by atoms with E-state index in [4.69, 9.17) is 11.6 Å². The van der Waals surface area contributed by atoms with Crippen LogP contribution >= 0.6 is 34.2 Å². The van der Waals surface area contributed by atoms with Crippen LogP contribution in [0.3, 0.4) is 0 Å². The highest BCUT2D eigenvalue weighted by Crippen LogP contribution is 2.29. The van der Waals surface area contributed by atoms with E-state index in [1.165, 1.54) is 12.1 Å². The van der Waals surface area contributed by atoms with Crippen LogP contribution in [0.4, 0.5) is 8.78 Å². The van der Waals surface area contributed by atoms with Gasteiger partial charge in [0.25, 0.3) is 0 Å². The van der Waals surface area contributed by atoms with Crippen LogP contribution in [0.5, 0.6) is 0 Å². The van der Waals surface area contributed by atoms with E-state index in [9.17, 15) is 8.78 Å². The summed E-state index contributed by atoms with van der Waals surface area (Å²) in [5, 5.41) is 0.302. The predicted octanol–water partition coefficient (Wildman–Crippen LogP) is 4.28. The molecule has 2 rings (SSSR count). The van der Waals surface area contributed by atoms with Crippen molar-refractivity contribution < 1.29 is 8.78 Å². The number of hydrogen-bond donors (Lipinski definition) is 0. The number of hydrogen-bond acceptors (Lipinski definition) is 1. The standard InChI is InChI=1S/C11H5ClF2IN/c12-8-4-6(15)5-16-11(8)7-2-1-3-9(13)10(7)14/h1-5H. The molecule has 0 aliphatic carbocycles. The third kappa shape index (κ3) is 2.17. The van der Waals surface area contributed by atoms with E-state index in [2.05, 4.69) is 4.98 Å². The molecule has 0 saturated carbocycles. The van der Waals surface area contributed by atoms with Crippen LogP contribution < -0.4 is 0 Å². The first-order valence-electron chi connectivity index (χ1n) is 4.35. The molecule has 0 radical (unpaired) electrons. The van der Waals surface area contributed by atoms with Crippen molar-refractivity contribution in [2.75, 3.05) is 0 Å². The molecule has 0 unspecified atom stereocenters. The number of halogens is 4. The van der Waals surface area contributed by atoms with Crippen molar-refractivity contribution in [1.29, 1.82) is 0 Å². The van der Waals surface area contributed by atoms with Crippen LogP contribution in [0.15, 0.2) is 30.5 Å². The third-order valence-electron chi connectivity index (χ3n) is 2.01. The van der Waals surface area contributed by atoms with Gasteiger partial charge in [0.2, 0.25) is 0 Å². The number of rotatable bonds is 1. The fourth-order valence-electron chi connectivity index (χ4n) is 1.30. The Hall–Kier alpha value is -0.750. The van der Waals surface area contributed by atoms with Crippen molar-refractivity contribution in [3.8, 4) is 11.3 Å². The van der Waals surface area contributed by atoms with E-state index in [0.29, 0.717) is 5.02 Å². The number of aromatic nitrogens is 1. The van der Waals surface area contributed by atoms with Gasteiger partial charge in [0.1, 0.15) is 0 Å². The van der Waals surface area contributed by atoms with Crippen LogP contribution in [0.2, 0.25) is 5.02 Å². The van der Waals surface area contributed by atoms with E-state index in [1.54, 1.807) is 12.3 Å². The largest absolute Gasteiger partial charge is 0.253 e. The summed E-state index contributed by atoms with van der Waals surface area (Å²) in [4.78, 5) is 4.00. The number of pyridine rings is 1. The molecule has 82 valence electrons. The van der Waals surface area contributed by atoms with Gasteiger partial charge in [0.15, 0.2) is 11.6 Å². The summed E-state index contributed by atoms with van der Waals surface area (Å²) in [6.07, 6.45) is 1.55. The molecule has 1 aromatic carbocycles. The first kappa shape index (κ1) is 11.7. The van der Waals surface area contributed by atoms with Crippen molar-refractivity contribution in [3.05, 3.63) is 50.7 Å². The molecule has 1 heterocycles. The Bertz CT molecular complexity index is 546. The van der Waals surface area contributed by atoms with Gasteiger partial charge in [-0.1, -0.05) is 17.7 Å². The zero-order valence-electron chi connectivity index (χ0n) is 7.85. The lowest BCUT2D eigenvalue weighted by Gasteiger charge is -2.05. The Kier molecular flexibility index (Phi) is 3.39. The van der Waals surface area contributed by atoms with Gasteiger partial charge in [-0.2, -0.15) is 0 Å². The molecule has 0 atom stereocenters. The lowest BCUT2D eigenvalue weighted by Crippen LogP contribution is -1.92. The Labute approximate surface area is 110 Å². The molecule has 0 fully saturated rings. The molecule has 0 aliphatic rings. The van der Waals surface area contributed by atoms with Gasteiger partial charge in [-0.25, -0.2) is 8.78 Å². The lowest BCUT2D eigenvalue weighted by atomic mass is 10.1. The molecular formula is C11H5ClF2IN. The van der Waals surface area contributed by atoms with Crippen molar-refractivity contribution in [3.63, 3.8) is 0 Å². The fourth-order valence-corrected chi connectivity index (χ4v) is 2.20. The Morgan fingerprint density at radius 2 is 2.00 bits per heavy atom. The van der Waals surface area contributed by atoms with Crippen molar-refractivity contribution >= 4 is 34.2 Å². The third-order valence-corrected chi connectivity index (χ3v) is 2.89. The van der Waals surface area contributed by atoms with E-state index in [0.717, 1.165) is 9.64 Å². The number of benzene rings is 1. The summed E-state index contributed by atoms with van der Waals surface area (Å²) in [7, 11) is 0. The van der Waals surface area contributed by atoms with Crippen LogP contribution in [-0.4, -0.2) is 4.98 Å². The molecule has 1 nitrogen and oxygen atoms in total. The van der Waals surface area contributed by atoms with Gasteiger partial charge < -0.3 is 0 Å². The summed E-state index contributed by atoms with van der Waals surface area (Å²) in [6.45, 7) is 0. The predicted molar refractivity (Wildman–Crippen MR) is 67.3 cm³/mol. The summed E-state index contributed by atoms with van der Waals surface area (Å²) < 4.78 is 27.4. The summed E-state index contributed by atoms with van der Waals surface area (Å²) in [5.41, 5.74) is 0.320. The smallest absolute Gasteiger partial charge is 0.168 e. The van der Waals surface area contributed by atoms with E-state index in [1.807, 2.05) is 22.6 Å². The maximum atomic E-state index is 13.5. The van der Waals surface area contributed by atoms with Crippen LogP contribution in [-0.2, 0) is 0 Å². The second-order valence-corrected chi connectivity index (χ2v) is 4.74. The van der Waals surface area contributed by atoms with Gasteiger partial charge in [0.05, 0.1) is 10.7 Å². The van der Waals surface area contributed by atoms with Crippen molar-refractivity contribution in [2.45, 2.75) is 0 Å². The minimum atomic E-state index is -0.932. The van der Waals surface area contributed by atoms with Gasteiger partial charge in [-0.05, 0) is 40.8 Å². The molecule has 0 spiro atoms. The van der Waals surface area contributed by atoms with Crippen LogP contribution in [0.1, 0.15) is 0 Å². The summed E-state index contributed by atoms with van der Waals surface area (Å²) >= 11 is 7.97. The van der Waals surface area contributed by atoms with Gasteiger partial charge in [-0.15, -0.1) is 0 Å². The van der Waals surface area contributed by atoms with E-state index in [-0.39, 0.29) is 11.3 Å². The normalized spacial score (nSPS) is 10.5. The van der Waals surface area contributed by atoms with E-state index < -0.39 is 11.6 Å². The summed E-state index contributed by atoms with van der Waals surface area (Å²) in [5.74, 6) is -1.84. The average molecular weight is 352 g/mol. The first-order valence-corrected chi connectivity index (χ1v) is 5.80. The minimum Gasteiger partial charge on any atom is -0.253 e. The van der Waals surface area contributed by atoms with Crippen molar-refractivity contribution in [2.24, 2.45) is 0 Å². The second kappa shape index (κ2) is 4.63. The van der Waals surface area contributed by atoms with E-state index >= 15 is 0 Å². The topological polar surface area (TPSA) is 12.9 Å². The average Bonchev–Trinajstić information content (AvgIpc) is 2.23. The number of nitrogens with zero attached hydrogens (tertiary/aromatic N) is 1. The highest BCUT2D eigenvalue weighted by atomic mass is 127. The molecule has 0 amide bonds. The molecule has 0 bridgehead atoms. The van der Waals surface area contributed by atoms with Gasteiger partial charge in [-0.3, -0.25) is 4.98 Å². The molecule has 0 aliphatic heterocycles. The maximum Gasteiger partial charge on any atom is 0.168 e. The highest BCUT2D eigenvalue weighted by molar-refractivity contribution is 14.1. The zero-order valence-corrected chi connectivity index (χ0v) is 10.8. The molecule has 1 aromatic heterocycles. The van der Waals surface area contributed by atoms with Crippen LogP contribution in [0, 0.1) is 15.2 Å². The quantitative estimate of drug-likeness (QED) is 0.699. The van der Waals surface area contributed by atoms with Gasteiger partial charge >= 0.3 is 0 Å². The SMILES string of the molecule is Fc1cccc(-c2ncc(I)cc2Cl)c1F. The first-order chi connectivity index (χ1) is 7.59. The molecule has 16 heavy (non-hydrogen) atoms. The Morgan fingerprint density at radius 3 is 2.69 bits per heavy atom. The minimum absolute atomic E-state index is 0.0707. The molecule has 2 aromatic rings.